The number of ether oxygens (including phenoxy) is 1. The average Bonchev–Trinajstić information content (AvgIpc) is 2.17. The van der Waals surface area contributed by atoms with E-state index in [-0.39, 0.29) is 4.99 Å². The van der Waals surface area contributed by atoms with Crippen LogP contribution in [0.1, 0.15) is 5.56 Å². The van der Waals surface area contributed by atoms with E-state index in [0.717, 1.165) is 6.54 Å². The number of nitrogens with two attached hydrogens (primary N) is 1. The van der Waals surface area contributed by atoms with Crippen LogP contribution in [0, 0.1) is 0 Å². The molecule has 0 radical (unpaired) electrons. The average molecular weight is 226 g/mol. The number of nitrogens with zero attached hydrogens (tertiary/aromatic N) is 3. The van der Waals surface area contributed by atoms with Crippen LogP contribution in [-0.4, -0.2) is 47.3 Å². The smallest absolute Gasteiger partial charge is 0.243 e. The van der Waals surface area contributed by atoms with Gasteiger partial charge in [-0.1, -0.05) is 12.2 Å². The zero-order valence-electron chi connectivity index (χ0n) is 8.80. The third-order valence-electron chi connectivity index (χ3n) is 1.73. The second-order valence-corrected chi connectivity index (χ2v) is 3.71. The highest BCUT2D eigenvalue weighted by atomic mass is 32.1. The molecule has 0 unspecified atom stereocenters. The highest BCUT2D eigenvalue weighted by Gasteiger charge is 2.07. The van der Waals surface area contributed by atoms with Gasteiger partial charge in [0.15, 0.2) is 0 Å². The molecule has 2 N–H and O–H groups in total. The Kier molecular flexibility index (Phi) is 4.38. The van der Waals surface area contributed by atoms with E-state index in [1.54, 1.807) is 6.07 Å². The third-order valence-corrected chi connectivity index (χ3v) is 1.95. The van der Waals surface area contributed by atoms with Gasteiger partial charge in [0.2, 0.25) is 5.88 Å². The molecule has 0 saturated heterocycles. The van der Waals surface area contributed by atoms with Gasteiger partial charge in [0.05, 0.1) is 11.8 Å². The van der Waals surface area contributed by atoms with Crippen LogP contribution in [-0.2, 0) is 0 Å². The van der Waals surface area contributed by atoms with E-state index in [1.807, 2.05) is 19.0 Å². The molecule has 82 valence electrons. The van der Waals surface area contributed by atoms with E-state index >= 15 is 0 Å². The van der Waals surface area contributed by atoms with Crippen molar-refractivity contribution in [3.05, 3.63) is 17.8 Å². The van der Waals surface area contributed by atoms with Crippen molar-refractivity contribution in [3.63, 3.8) is 0 Å². The van der Waals surface area contributed by atoms with Crippen LogP contribution in [0.25, 0.3) is 0 Å². The van der Waals surface area contributed by atoms with Crippen molar-refractivity contribution in [1.82, 2.24) is 15.1 Å². The summed E-state index contributed by atoms with van der Waals surface area (Å²) in [5.41, 5.74) is 6.14. The van der Waals surface area contributed by atoms with Crippen LogP contribution in [0.3, 0.4) is 0 Å². The molecule has 0 aliphatic rings. The summed E-state index contributed by atoms with van der Waals surface area (Å²) in [4.78, 5) is 2.28. The molecule has 0 amide bonds. The fourth-order valence-corrected chi connectivity index (χ4v) is 1.09. The summed E-state index contributed by atoms with van der Waals surface area (Å²) >= 11 is 4.87. The maximum Gasteiger partial charge on any atom is 0.243 e. The lowest BCUT2D eigenvalue weighted by Crippen LogP contribution is -2.21. The van der Waals surface area contributed by atoms with Gasteiger partial charge in [-0.05, 0) is 20.2 Å². The summed E-state index contributed by atoms with van der Waals surface area (Å²) < 4.78 is 5.43. The Balaban J connectivity index is 2.63. The van der Waals surface area contributed by atoms with Crippen molar-refractivity contribution in [3.8, 4) is 5.88 Å². The normalized spacial score (nSPS) is 10.3. The maximum atomic E-state index is 5.52. The Labute approximate surface area is 94.2 Å². The summed E-state index contributed by atoms with van der Waals surface area (Å²) in [7, 11) is 3.93. The summed E-state index contributed by atoms with van der Waals surface area (Å²) in [5, 5.41) is 7.56. The molecule has 0 fully saturated rings. The maximum absolute atomic E-state index is 5.52. The first-order valence-electron chi connectivity index (χ1n) is 4.50. The van der Waals surface area contributed by atoms with Gasteiger partial charge in [-0.2, -0.15) is 5.10 Å². The van der Waals surface area contributed by atoms with Gasteiger partial charge in [-0.3, -0.25) is 0 Å². The monoisotopic (exact) mass is 226 g/mol. The quantitative estimate of drug-likeness (QED) is 0.716. The number of hydrogen-bond donors (Lipinski definition) is 1. The van der Waals surface area contributed by atoms with Crippen molar-refractivity contribution in [2.24, 2.45) is 5.73 Å². The molecule has 0 aliphatic carbocycles. The van der Waals surface area contributed by atoms with Gasteiger partial charge < -0.3 is 15.4 Å². The molecule has 0 aromatic carbocycles. The molecule has 0 atom stereocenters. The van der Waals surface area contributed by atoms with Crippen LogP contribution in [0.4, 0.5) is 0 Å². The third kappa shape index (κ3) is 3.77. The van der Waals surface area contributed by atoms with Crippen molar-refractivity contribution in [2.45, 2.75) is 0 Å². The molecule has 1 aromatic heterocycles. The number of aromatic nitrogens is 2. The summed E-state index contributed by atoms with van der Waals surface area (Å²) in [6.45, 7) is 1.33. The van der Waals surface area contributed by atoms with Gasteiger partial charge >= 0.3 is 0 Å². The number of thiocarbonyl (C=S) groups is 1. The SMILES string of the molecule is CN(C)CCOc1nnccc1C(N)=S. The fourth-order valence-electron chi connectivity index (χ4n) is 0.938. The minimum atomic E-state index is 0.268. The summed E-state index contributed by atoms with van der Waals surface area (Å²) in [5.74, 6) is 0.395. The molecule has 0 spiro atoms. The minimum Gasteiger partial charge on any atom is -0.475 e. The second kappa shape index (κ2) is 5.57. The van der Waals surface area contributed by atoms with E-state index in [9.17, 15) is 0 Å². The Morgan fingerprint density at radius 1 is 1.60 bits per heavy atom. The molecular formula is C9H14N4OS. The molecule has 1 rings (SSSR count). The van der Waals surface area contributed by atoms with Crippen LogP contribution in [0.5, 0.6) is 5.88 Å². The van der Waals surface area contributed by atoms with E-state index in [2.05, 4.69) is 10.2 Å². The number of rotatable bonds is 5. The number of hydrogen-bond acceptors (Lipinski definition) is 5. The Morgan fingerprint density at radius 2 is 2.33 bits per heavy atom. The Morgan fingerprint density at radius 3 is 2.93 bits per heavy atom. The van der Waals surface area contributed by atoms with Gasteiger partial charge in [-0.15, -0.1) is 5.10 Å². The molecule has 5 nitrogen and oxygen atoms in total. The van der Waals surface area contributed by atoms with Crippen LogP contribution < -0.4 is 10.5 Å². The highest BCUT2D eigenvalue weighted by molar-refractivity contribution is 7.80. The molecule has 0 bridgehead atoms. The first-order chi connectivity index (χ1) is 7.11. The Bertz CT molecular complexity index is 343. The topological polar surface area (TPSA) is 64.3 Å². The zero-order valence-corrected chi connectivity index (χ0v) is 9.62. The molecule has 1 aromatic rings. The lowest BCUT2D eigenvalue weighted by atomic mass is 10.3. The highest BCUT2D eigenvalue weighted by Crippen LogP contribution is 2.12. The van der Waals surface area contributed by atoms with E-state index in [1.165, 1.54) is 6.20 Å². The predicted octanol–water partition coefficient (Wildman–Crippen LogP) is 0.0512. The first kappa shape index (κ1) is 11.8. The molecule has 6 heteroatoms. The zero-order chi connectivity index (χ0) is 11.3. The number of likely N-dealkylation sites (N-methyl/N-ethyl adjacent to an activating group) is 1. The van der Waals surface area contributed by atoms with E-state index < -0.39 is 0 Å². The lowest BCUT2D eigenvalue weighted by molar-refractivity contribution is 0.251. The van der Waals surface area contributed by atoms with Gasteiger partial charge in [0.1, 0.15) is 11.6 Å². The van der Waals surface area contributed by atoms with Crippen molar-refractivity contribution >= 4 is 17.2 Å². The molecule has 0 saturated carbocycles. The van der Waals surface area contributed by atoms with E-state index in [4.69, 9.17) is 22.7 Å². The van der Waals surface area contributed by atoms with E-state index in [0.29, 0.717) is 18.1 Å². The first-order valence-corrected chi connectivity index (χ1v) is 4.91. The van der Waals surface area contributed by atoms with Gasteiger partial charge in [0.25, 0.3) is 0 Å². The minimum absolute atomic E-state index is 0.268. The van der Waals surface area contributed by atoms with Crippen molar-refractivity contribution in [2.75, 3.05) is 27.2 Å². The molecule has 1 heterocycles. The summed E-state index contributed by atoms with van der Waals surface area (Å²) in [6.07, 6.45) is 1.54. The standard InChI is InChI=1S/C9H14N4OS/c1-13(2)5-6-14-9-7(8(10)15)3-4-11-12-9/h3-4H,5-6H2,1-2H3,(H2,10,15). The van der Waals surface area contributed by atoms with Crippen LogP contribution >= 0.6 is 12.2 Å². The van der Waals surface area contributed by atoms with Crippen LogP contribution in [0.15, 0.2) is 12.3 Å². The van der Waals surface area contributed by atoms with Crippen molar-refractivity contribution in [1.29, 1.82) is 0 Å². The Hall–Kier alpha value is -1.27. The van der Waals surface area contributed by atoms with Crippen LogP contribution in [0.2, 0.25) is 0 Å². The molecule has 0 aliphatic heterocycles. The predicted molar refractivity (Wildman–Crippen MR) is 62.0 cm³/mol. The molecule has 15 heavy (non-hydrogen) atoms. The van der Waals surface area contributed by atoms with Crippen molar-refractivity contribution < 1.29 is 4.74 Å². The fraction of sp³-hybridized carbons (Fsp3) is 0.444. The summed E-state index contributed by atoms with van der Waals surface area (Å²) in [6, 6.07) is 1.69. The van der Waals surface area contributed by atoms with Gasteiger partial charge in [0, 0.05) is 6.54 Å². The largest absolute Gasteiger partial charge is 0.475 e. The molecular weight excluding hydrogens is 212 g/mol. The second-order valence-electron chi connectivity index (χ2n) is 3.27. The van der Waals surface area contributed by atoms with Gasteiger partial charge in [-0.25, -0.2) is 0 Å². The lowest BCUT2D eigenvalue weighted by Gasteiger charge is -2.11.